The van der Waals surface area contributed by atoms with Crippen molar-refractivity contribution in [2.24, 2.45) is 0 Å². The van der Waals surface area contributed by atoms with Crippen molar-refractivity contribution in [2.45, 2.75) is 31.2 Å². The second kappa shape index (κ2) is 8.66. The van der Waals surface area contributed by atoms with Gasteiger partial charge in [0.25, 0.3) is 5.91 Å². The lowest BCUT2D eigenvalue weighted by Crippen LogP contribution is -2.43. The summed E-state index contributed by atoms with van der Waals surface area (Å²) in [7, 11) is -2.20. The Bertz CT molecular complexity index is 671. The van der Waals surface area contributed by atoms with Crippen molar-refractivity contribution in [1.29, 1.82) is 0 Å². The second-order valence-electron chi connectivity index (χ2n) is 6.07. The average Bonchev–Trinajstić information content (AvgIpc) is 2.44. The number of halogens is 1. The van der Waals surface area contributed by atoms with Crippen LogP contribution in [0.2, 0.25) is 5.02 Å². The Balaban J connectivity index is 2.73. The van der Waals surface area contributed by atoms with Gasteiger partial charge in [-0.15, -0.1) is 0 Å². The molecule has 24 heavy (non-hydrogen) atoms. The number of ether oxygens (including phenoxy) is 2. The zero-order valence-corrected chi connectivity index (χ0v) is 15.8. The van der Waals surface area contributed by atoms with Crippen LogP contribution in [0.1, 0.15) is 20.8 Å². The Morgan fingerprint density at radius 1 is 1.29 bits per heavy atom. The summed E-state index contributed by atoms with van der Waals surface area (Å²) in [6.07, 6.45) is 0. The first-order chi connectivity index (χ1) is 11.0. The van der Waals surface area contributed by atoms with E-state index in [1.54, 1.807) is 0 Å². The molecule has 1 amide bonds. The van der Waals surface area contributed by atoms with Gasteiger partial charge in [0.2, 0.25) is 10.0 Å². The van der Waals surface area contributed by atoms with E-state index in [-0.39, 0.29) is 46.9 Å². The maximum atomic E-state index is 12.1. The van der Waals surface area contributed by atoms with Crippen LogP contribution in [0.15, 0.2) is 23.1 Å². The smallest absolute Gasteiger partial charge is 0.258 e. The Kier molecular flexibility index (Phi) is 7.47. The van der Waals surface area contributed by atoms with Gasteiger partial charge >= 0.3 is 0 Å². The van der Waals surface area contributed by atoms with Crippen LogP contribution < -0.4 is 14.8 Å². The van der Waals surface area contributed by atoms with E-state index < -0.39 is 10.0 Å². The Morgan fingerprint density at radius 2 is 1.96 bits per heavy atom. The van der Waals surface area contributed by atoms with E-state index in [4.69, 9.17) is 21.1 Å². The lowest BCUT2D eigenvalue weighted by Gasteiger charge is -2.20. The van der Waals surface area contributed by atoms with E-state index in [1.807, 2.05) is 20.8 Å². The highest BCUT2D eigenvalue weighted by Gasteiger charge is 2.17. The lowest BCUT2D eigenvalue weighted by atomic mass is 10.1. The van der Waals surface area contributed by atoms with Crippen LogP contribution in [0.25, 0.3) is 0 Å². The molecule has 1 rings (SSSR count). The first-order valence-corrected chi connectivity index (χ1v) is 9.13. The predicted molar refractivity (Wildman–Crippen MR) is 91.9 cm³/mol. The van der Waals surface area contributed by atoms with Gasteiger partial charge in [-0.25, -0.2) is 13.1 Å². The van der Waals surface area contributed by atoms with E-state index in [0.29, 0.717) is 0 Å². The van der Waals surface area contributed by atoms with Gasteiger partial charge in [0, 0.05) is 19.2 Å². The zero-order valence-electron chi connectivity index (χ0n) is 14.2. The molecule has 0 fully saturated rings. The molecule has 0 unspecified atom stereocenters. The van der Waals surface area contributed by atoms with Gasteiger partial charge in [0.15, 0.2) is 6.61 Å². The third-order valence-electron chi connectivity index (χ3n) is 2.69. The molecule has 0 saturated carbocycles. The first kappa shape index (κ1) is 20.7. The number of methoxy groups -OCH3 is 1. The first-order valence-electron chi connectivity index (χ1n) is 7.27. The standard InChI is InChI=1S/C15H23ClN2O5S/c1-15(2,3)18-14(19)10-23-13-6-5-11(9-12(13)16)24(20,21)17-7-8-22-4/h5-6,9,17H,7-8,10H2,1-4H3,(H,18,19). The van der Waals surface area contributed by atoms with Gasteiger partial charge in [-0.05, 0) is 39.0 Å². The third kappa shape index (κ3) is 7.04. The summed E-state index contributed by atoms with van der Waals surface area (Å²) in [6, 6.07) is 4.04. The Hall–Kier alpha value is -1.35. The maximum Gasteiger partial charge on any atom is 0.258 e. The minimum Gasteiger partial charge on any atom is -0.482 e. The molecule has 0 saturated heterocycles. The minimum atomic E-state index is -3.68. The number of rotatable bonds is 8. The highest BCUT2D eigenvalue weighted by Crippen LogP contribution is 2.27. The highest BCUT2D eigenvalue weighted by molar-refractivity contribution is 7.89. The molecule has 0 spiro atoms. The van der Waals surface area contributed by atoms with E-state index in [0.717, 1.165) is 0 Å². The predicted octanol–water partition coefficient (Wildman–Crippen LogP) is 1.56. The Morgan fingerprint density at radius 3 is 2.50 bits per heavy atom. The molecule has 136 valence electrons. The van der Waals surface area contributed by atoms with Crippen LogP contribution in [-0.2, 0) is 19.6 Å². The van der Waals surface area contributed by atoms with Crippen molar-refractivity contribution in [3.05, 3.63) is 23.2 Å². The van der Waals surface area contributed by atoms with Gasteiger partial charge in [0.1, 0.15) is 5.75 Å². The molecule has 2 N–H and O–H groups in total. The number of hydrogen-bond donors (Lipinski definition) is 2. The van der Waals surface area contributed by atoms with Gasteiger partial charge in [0.05, 0.1) is 16.5 Å². The fourth-order valence-electron chi connectivity index (χ4n) is 1.72. The number of hydrogen-bond acceptors (Lipinski definition) is 5. The van der Waals surface area contributed by atoms with Gasteiger partial charge in [-0.2, -0.15) is 0 Å². The summed E-state index contributed by atoms with van der Waals surface area (Å²) < 4.78 is 36.6. The van der Waals surface area contributed by atoms with Gasteiger partial charge in [-0.3, -0.25) is 4.79 Å². The van der Waals surface area contributed by atoms with Gasteiger partial charge in [-0.1, -0.05) is 11.6 Å². The van der Waals surface area contributed by atoms with Crippen LogP contribution in [0.5, 0.6) is 5.75 Å². The molecule has 9 heteroatoms. The molecule has 0 aromatic heterocycles. The number of benzene rings is 1. The van der Waals surface area contributed by atoms with Crippen molar-refractivity contribution < 1.29 is 22.7 Å². The molecule has 1 aromatic rings. The van der Waals surface area contributed by atoms with Crippen molar-refractivity contribution in [3.8, 4) is 5.75 Å². The molecule has 7 nitrogen and oxygen atoms in total. The topological polar surface area (TPSA) is 93.7 Å². The fraction of sp³-hybridized carbons (Fsp3) is 0.533. The average molecular weight is 379 g/mol. The fourth-order valence-corrected chi connectivity index (χ4v) is 3.06. The summed E-state index contributed by atoms with van der Waals surface area (Å²) in [5.41, 5.74) is -0.365. The third-order valence-corrected chi connectivity index (χ3v) is 4.44. The molecule has 0 radical (unpaired) electrons. The SMILES string of the molecule is COCCNS(=O)(=O)c1ccc(OCC(=O)NC(C)(C)C)c(Cl)c1. The normalized spacial score (nSPS) is 12.0. The van der Waals surface area contributed by atoms with Crippen LogP contribution in [0.3, 0.4) is 0 Å². The second-order valence-corrected chi connectivity index (χ2v) is 8.24. The summed E-state index contributed by atoms with van der Waals surface area (Å²) in [5.74, 6) is -0.0620. The summed E-state index contributed by atoms with van der Waals surface area (Å²) in [6.45, 7) is 5.77. The molecule has 1 aromatic carbocycles. The van der Waals surface area contributed by atoms with E-state index in [1.165, 1.54) is 25.3 Å². The molecule has 0 heterocycles. The maximum absolute atomic E-state index is 12.1. The molecule has 0 aliphatic heterocycles. The van der Waals surface area contributed by atoms with Crippen LogP contribution in [-0.4, -0.2) is 46.7 Å². The largest absolute Gasteiger partial charge is 0.482 e. The number of sulfonamides is 1. The van der Waals surface area contributed by atoms with Crippen molar-refractivity contribution in [3.63, 3.8) is 0 Å². The van der Waals surface area contributed by atoms with Crippen molar-refractivity contribution >= 4 is 27.5 Å². The van der Waals surface area contributed by atoms with Crippen LogP contribution in [0.4, 0.5) is 0 Å². The van der Waals surface area contributed by atoms with Crippen LogP contribution >= 0.6 is 11.6 Å². The quantitative estimate of drug-likeness (QED) is 0.669. The van der Waals surface area contributed by atoms with Crippen LogP contribution in [0, 0.1) is 0 Å². The van der Waals surface area contributed by atoms with Crippen molar-refractivity contribution in [1.82, 2.24) is 10.0 Å². The zero-order chi connectivity index (χ0) is 18.4. The van der Waals surface area contributed by atoms with E-state index in [9.17, 15) is 13.2 Å². The number of carbonyl (C=O) groups excluding carboxylic acids is 1. The minimum absolute atomic E-state index is 0.00935. The molecule has 0 atom stereocenters. The Labute approximate surface area is 147 Å². The van der Waals surface area contributed by atoms with E-state index in [2.05, 4.69) is 10.0 Å². The molecule has 0 bridgehead atoms. The summed E-state index contributed by atoms with van der Waals surface area (Å²) in [4.78, 5) is 11.7. The molecule has 0 aliphatic carbocycles. The number of nitrogens with one attached hydrogen (secondary N) is 2. The van der Waals surface area contributed by atoms with Gasteiger partial charge < -0.3 is 14.8 Å². The monoisotopic (exact) mass is 378 g/mol. The lowest BCUT2D eigenvalue weighted by molar-refractivity contribution is -0.124. The molecular formula is C15H23ClN2O5S. The molecular weight excluding hydrogens is 356 g/mol. The molecule has 0 aliphatic rings. The summed E-state index contributed by atoms with van der Waals surface area (Å²) >= 11 is 6.04. The number of amides is 1. The highest BCUT2D eigenvalue weighted by atomic mass is 35.5. The number of carbonyl (C=O) groups is 1. The summed E-state index contributed by atoms with van der Waals surface area (Å²) in [5, 5.41) is 2.85. The van der Waals surface area contributed by atoms with E-state index >= 15 is 0 Å². The van der Waals surface area contributed by atoms with Crippen molar-refractivity contribution in [2.75, 3.05) is 26.9 Å².